The molecule has 2 aliphatic heterocycles. The van der Waals surface area contributed by atoms with E-state index in [-0.39, 0.29) is 18.8 Å². The normalized spacial score (nSPS) is 51.6. The van der Waals surface area contributed by atoms with E-state index in [4.69, 9.17) is 41.9 Å². The zero-order valence-electron chi connectivity index (χ0n) is 18.2. The molecule has 2 saturated heterocycles. The van der Waals surface area contributed by atoms with Gasteiger partial charge in [0.2, 0.25) is 0 Å². The van der Waals surface area contributed by atoms with Crippen molar-refractivity contribution in [3.8, 4) is 0 Å². The topological polar surface area (TPSA) is 214 Å². The second-order valence-corrected chi connectivity index (χ2v) is 9.15. The van der Waals surface area contributed by atoms with E-state index in [9.17, 15) is 15.3 Å². The fraction of sp³-hybridized carbons (Fsp3) is 1.00. The van der Waals surface area contributed by atoms with E-state index in [0.717, 1.165) is 6.42 Å². The molecule has 1 saturated carbocycles. The Labute approximate surface area is 182 Å². The standard InChI is InChI=1S/C19H39N5O7/c1-19(27)7-28-18(13(26)16(19)24-2)31-15-11(23)5-10(22)14(12(15)25)30-17-9(21)4-3-8(6-20)29-17/h8-18,24-27H,3-7,20-23H2,1-2H3/t8?,9?,10?,11?,12?,13?,14?,15?,16?,17?,18?,19-/m0/s1. The van der Waals surface area contributed by atoms with E-state index >= 15 is 0 Å². The van der Waals surface area contributed by atoms with Gasteiger partial charge in [0.15, 0.2) is 12.6 Å². The molecule has 0 bridgehead atoms. The summed E-state index contributed by atoms with van der Waals surface area (Å²) < 4.78 is 23.3. The highest BCUT2D eigenvalue weighted by Crippen LogP contribution is 2.31. The second kappa shape index (κ2) is 10.2. The molecule has 0 radical (unpaired) electrons. The first-order valence-corrected chi connectivity index (χ1v) is 10.9. The lowest BCUT2D eigenvalue weighted by Gasteiger charge is -2.48. The zero-order chi connectivity index (χ0) is 22.9. The van der Waals surface area contributed by atoms with Gasteiger partial charge in [-0.3, -0.25) is 0 Å². The van der Waals surface area contributed by atoms with Gasteiger partial charge in [0, 0.05) is 18.6 Å². The maximum absolute atomic E-state index is 11.0. The van der Waals surface area contributed by atoms with Crippen molar-refractivity contribution in [1.29, 1.82) is 0 Å². The van der Waals surface area contributed by atoms with Crippen LogP contribution in [0.3, 0.4) is 0 Å². The number of nitrogens with two attached hydrogens (primary N) is 4. The first kappa shape index (κ1) is 25.1. The van der Waals surface area contributed by atoms with Crippen molar-refractivity contribution in [3.63, 3.8) is 0 Å². The fourth-order valence-corrected chi connectivity index (χ4v) is 4.69. The van der Waals surface area contributed by atoms with Crippen molar-refractivity contribution >= 4 is 0 Å². The van der Waals surface area contributed by atoms with Gasteiger partial charge in [-0.25, -0.2) is 0 Å². The SMILES string of the molecule is CNC1C(O)C(OC2C(N)CC(N)C(OC3OC(CN)CCC3N)C2O)OC[C@]1(C)O. The Kier molecular flexibility index (Phi) is 8.27. The van der Waals surface area contributed by atoms with Gasteiger partial charge in [-0.2, -0.15) is 0 Å². The van der Waals surface area contributed by atoms with Crippen LogP contribution in [-0.4, -0.2) is 108 Å². The van der Waals surface area contributed by atoms with Crippen molar-refractivity contribution in [2.75, 3.05) is 20.2 Å². The number of aliphatic hydroxyl groups is 3. The molecule has 12 nitrogen and oxygen atoms in total. The van der Waals surface area contributed by atoms with Crippen molar-refractivity contribution in [3.05, 3.63) is 0 Å². The third-order valence-electron chi connectivity index (χ3n) is 6.55. The van der Waals surface area contributed by atoms with Gasteiger partial charge >= 0.3 is 0 Å². The van der Waals surface area contributed by atoms with Crippen LogP contribution in [0.15, 0.2) is 0 Å². The number of nitrogens with one attached hydrogen (secondary N) is 1. The molecule has 0 aromatic carbocycles. The van der Waals surface area contributed by atoms with Crippen LogP contribution in [0.5, 0.6) is 0 Å². The Morgan fingerprint density at radius 2 is 1.61 bits per heavy atom. The van der Waals surface area contributed by atoms with Crippen LogP contribution in [0, 0.1) is 0 Å². The van der Waals surface area contributed by atoms with Crippen LogP contribution in [0.2, 0.25) is 0 Å². The quantitative estimate of drug-likeness (QED) is 0.195. The number of aliphatic hydroxyl groups excluding tert-OH is 2. The Hall–Kier alpha value is -0.480. The summed E-state index contributed by atoms with van der Waals surface area (Å²) in [7, 11) is 1.62. The highest BCUT2D eigenvalue weighted by Gasteiger charge is 2.50. The minimum absolute atomic E-state index is 0.0665. The number of hydrogen-bond donors (Lipinski definition) is 8. The highest BCUT2D eigenvalue weighted by atomic mass is 16.7. The Bertz CT molecular complexity index is 588. The molecule has 2 heterocycles. The first-order chi connectivity index (χ1) is 14.6. The molecule has 1 aliphatic carbocycles. The molecule has 31 heavy (non-hydrogen) atoms. The lowest BCUT2D eigenvalue weighted by atomic mass is 9.84. The molecule has 3 rings (SSSR count). The Balaban J connectivity index is 1.68. The third kappa shape index (κ3) is 5.37. The lowest BCUT2D eigenvalue weighted by molar-refractivity contribution is -0.306. The molecule has 3 aliphatic rings. The second-order valence-electron chi connectivity index (χ2n) is 9.15. The summed E-state index contributed by atoms with van der Waals surface area (Å²) in [5.74, 6) is 0. The van der Waals surface area contributed by atoms with E-state index in [1.165, 1.54) is 0 Å². The summed E-state index contributed by atoms with van der Waals surface area (Å²) in [5, 5.41) is 34.9. The highest BCUT2D eigenvalue weighted by molar-refractivity contribution is 5.01. The average Bonchev–Trinajstić information content (AvgIpc) is 2.71. The molecule has 12 atom stereocenters. The summed E-state index contributed by atoms with van der Waals surface area (Å²) in [6.07, 6.45) is -4.48. The average molecular weight is 450 g/mol. The van der Waals surface area contributed by atoms with E-state index < -0.39 is 60.7 Å². The maximum atomic E-state index is 11.0. The van der Waals surface area contributed by atoms with Crippen LogP contribution in [0.25, 0.3) is 0 Å². The molecule has 0 aromatic heterocycles. The predicted molar refractivity (Wildman–Crippen MR) is 110 cm³/mol. The number of likely N-dealkylation sites (N-methyl/N-ethyl adjacent to an activating group) is 1. The van der Waals surface area contributed by atoms with E-state index in [1.807, 2.05) is 0 Å². The summed E-state index contributed by atoms with van der Waals surface area (Å²) in [6, 6.07) is -2.26. The van der Waals surface area contributed by atoms with Crippen LogP contribution >= 0.6 is 0 Å². The fourth-order valence-electron chi connectivity index (χ4n) is 4.69. The molecule has 182 valence electrons. The van der Waals surface area contributed by atoms with E-state index in [1.54, 1.807) is 14.0 Å². The Morgan fingerprint density at radius 1 is 1.00 bits per heavy atom. The van der Waals surface area contributed by atoms with Gasteiger partial charge in [-0.15, -0.1) is 0 Å². The zero-order valence-corrected chi connectivity index (χ0v) is 18.2. The molecule has 0 spiro atoms. The van der Waals surface area contributed by atoms with Gasteiger partial charge in [0.25, 0.3) is 0 Å². The summed E-state index contributed by atoms with van der Waals surface area (Å²) in [4.78, 5) is 0. The van der Waals surface area contributed by atoms with Crippen molar-refractivity contribution in [1.82, 2.24) is 5.32 Å². The van der Waals surface area contributed by atoms with Gasteiger partial charge in [-0.1, -0.05) is 0 Å². The third-order valence-corrected chi connectivity index (χ3v) is 6.55. The van der Waals surface area contributed by atoms with Gasteiger partial charge in [0.05, 0.1) is 24.8 Å². The smallest absolute Gasteiger partial charge is 0.185 e. The maximum Gasteiger partial charge on any atom is 0.185 e. The van der Waals surface area contributed by atoms with Crippen LogP contribution in [0.1, 0.15) is 26.2 Å². The molecule has 3 fully saturated rings. The van der Waals surface area contributed by atoms with Crippen LogP contribution in [0.4, 0.5) is 0 Å². The lowest BCUT2D eigenvalue weighted by Crippen LogP contribution is -2.68. The van der Waals surface area contributed by atoms with Crippen LogP contribution < -0.4 is 28.3 Å². The summed E-state index contributed by atoms with van der Waals surface area (Å²) in [5.41, 5.74) is 23.0. The molecule has 12 heteroatoms. The van der Waals surface area contributed by atoms with Crippen molar-refractivity contribution in [2.45, 2.75) is 99.1 Å². The molecule has 0 aromatic rings. The summed E-state index contributed by atoms with van der Waals surface area (Å²) >= 11 is 0. The molecule has 0 amide bonds. The first-order valence-electron chi connectivity index (χ1n) is 10.9. The molecule has 11 unspecified atom stereocenters. The molecular formula is C19H39N5O7. The van der Waals surface area contributed by atoms with Crippen molar-refractivity contribution < 1.29 is 34.3 Å². The summed E-state index contributed by atoms with van der Waals surface area (Å²) in [6.45, 7) is 1.83. The number of hydrogen-bond acceptors (Lipinski definition) is 12. The minimum atomic E-state index is -1.29. The van der Waals surface area contributed by atoms with Crippen LogP contribution in [-0.2, 0) is 18.9 Å². The van der Waals surface area contributed by atoms with Crippen molar-refractivity contribution in [2.24, 2.45) is 22.9 Å². The van der Waals surface area contributed by atoms with Gasteiger partial charge < -0.3 is 62.5 Å². The number of ether oxygens (including phenoxy) is 4. The predicted octanol–water partition coefficient (Wildman–Crippen LogP) is -3.98. The van der Waals surface area contributed by atoms with Gasteiger partial charge in [-0.05, 0) is 33.2 Å². The largest absolute Gasteiger partial charge is 0.388 e. The molecule has 12 N–H and O–H groups in total. The minimum Gasteiger partial charge on any atom is -0.388 e. The van der Waals surface area contributed by atoms with Gasteiger partial charge in [0.1, 0.15) is 30.0 Å². The monoisotopic (exact) mass is 449 g/mol. The number of rotatable bonds is 6. The molecular weight excluding hydrogens is 410 g/mol. The van der Waals surface area contributed by atoms with E-state index in [2.05, 4.69) is 5.32 Å². The van der Waals surface area contributed by atoms with E-state index in [0.29, 0.717) is 19.4 Å². The Morgan fingerprint density at radius 3 is 2.19 bits per heavy atom.